The highest BCUT2D eigenvalue weighted by atomic mass is 31.2. The number of phosphoric acid groups is 1. The molecule has 14 heavy (non-hydrogen) atoms. The van der Waals surface area contributed by atoms with Gasteiger partial charge in [-0.25, -0.2) is 4.57 Å². The minimum atomic E-state index is -4.41. The molecule has 0 aliphatic carbocycles. The Morgan fingerprint density at radius 3 is 2.57 bits per heavy atom. The van der Waals surface area contributed by atoms with Gasteiger partial charge in [-0.1, -0.05) is 0 Å². The summed E-state index contributed by atoms with van der Waals surface area (Å²) >= 11 is 0. The maximum Gasteiger partial charge on any atom is 0.469 e. The summed E-state index contributed by atoms with van der Waals surface area (Å²) in [5.74, 6) is 0. The van der Waals surface area contributed by atoms with Crippen LogP contribution in [0.5, 0.6) is 0 Å². The zero-order valence-corrected chi connectivity index (χ0v) is 9.07. The minimum Gasteiger partial charge on any atom is -0.371 e. The molecule has 7 heteroatoms. The molecule has 1 aliphatic rings. The summed E-state index contributed by atoms with van der Waals surface area (Å²) in [5.41, 5.74) is -0.715. The summed E-state index contributed by atoms with van der Waals surface area (Å²) in [6.07, 6.45) is 0.129. The lowest BCUT2D eigenvalue weighted by Crippen LogP contribution is -2.31. The molecular weight excluding hydrogens is 211 g/mol. The summed E-state index contributed by atoms with van der Waals surface area (Å²) in [5, 5.41) is 0. The van der Waals surface area contributed by atoms with Gasteiger partial charge >= 0.3 is 7.82 Å². The third-order valence-electron chi connectivity index (χ3n) is 1.64. The van der Waals surface area contributed by atoms with E-state index in [1.807, 2.05) is 0 Å². The van der Waals surface area contributed by atoms with Crippen LogP contribution in [-0.4, -0.2) is 41.3 Å². The van der Waals surface area contributed by atoms with Crippen LogP contribution in [0.2, 0.25) is 0 Å². The molecule has 0 aromatic heterocycles. The second-order valence-electron chi connectivity index (χ2n) is 3.79. The highest BCUT2D eigenvalue weighted by molar-refractivity contribution is 7.46. The van der Waals surface area contributed by atoms with E-state index in [2.05, 4.69) is 4.52 Å². The van der Waals surface area contributed by atoms with Crippen molar-refractivity contribution in [1.82, 2.24) is 0 Å². The molecule has 0 aromatic carbocycles. The number of ether oxygens (including phenoxy) is 2. The second-order valence-corrected chi connectivity index (χ2v) is 5.03. The van der Waals surface area contributed by atoms with Gasteiger partial charge in [-0.05, 0) is 13.8 Å². The van der Waals surface area contributed by atoms with E-state index in [0.717, 1.165) is 0 Å². The molecule has 0 bridgehead atoms. The SMILES string of the molecule is CC(C)(COP(=O)(O)O)OCC1CO1. The molecule has 84 valence electrons. The Labute approximate surface area is 82.4 Å². The summed E-state index contributed by atoms with van der Waals surface area (Å²) in [6, 6.07) is 0. The van der Waals surface area contributed by atoms with Gasteiger partial charge < -0.3 is 19.3 Å². The normalized spacial score (nSPS) is 22.4. The van der Waals surface area contributed by atoms with Crippen LogP contribution in [0.15, 0.2) is 0 Å². The molecule has 0 spiro atoms. The zero-order valence-electron chi connectivity index (χ0n) is 8.17. The number of hydrogen-bond donors (Lipinski definition) is 2. The Hall–Kier alpha value is 0.0300. The van der Waals surface area contributed by atoms with Gasteiger partial charge in [0.05, 0.1) is 25.4 Å². The van der Waals surface area contributed by atoms with Crippen molar-refractivity contribution in [2.75, 3.05) is 19.8 Å². The molecule has 1 aliphatic heterocycles. The van der Waals surface area contributed by atoms with E-state index in [4.69, 9.17) is 19.3 Å². The van der Waals surface area contributed by atoms with Gasteiger partial charge in [-0.2, -0.15) is 0 Å². The fourth-order valence-electron chi connectivity index (χ4n) is 0.764. The van der Waals surface area contributed by atoms with Crippen molar-refractivity contribution in [2.24, 2.45) is 0 Å². The average Bonchev–Trinajstić information content (AvgIpc) is 2.79. The lowest BCUT2D eigenvalue weighted by atomic mass is 10.1. The lowest BCUT2D eigenvalue weighted by Gasteiger charge is -2.24. The van der Waals surface area contributed by atoms with Crippen molar-refractivity contribution in [3.8, 4) is 0 Å². The lowest BCUT2D eigenvalue weighted by molar-refractivity contribution is -0.0570. The molecule has 6 nitrogen and oxygen atoms in total. The molecule has 1 saturated heterocycles. The molecule has 0 saturated carbocycles. The van der Waals surface area contributed by atoms with E-state index in [1.54, 1.807) is 13.8 Å². The van der Waals surface area contributed by atoms with Crippen molar-refractivity contribution >= 4 is 7.82 Å². The van der Waals surface area contributed by atoms with E-state index in [-0.39, 0.29) is 12.7 Å². The fraction of sp³-hybridized carbons (Fsp3) is 1.00. The number of rotatable bonds is 6. The van der Waals surface area contributed by atoms with E-state index in [1.165, 1.54) is 0 Å². The van der Waals surface area contributed by atoms with Crippen LogP contribution < -0.4 is 0 Å². The van der Waals surface area contributed by atoms with Crippen LogP contribution in [0.1, 0.15) is 13.8 Å². The van der Waals surface area contributed by atoms with E-state index < -0.39 is 13.4 Å². The largest absolute Gasteiger partial charge is 0.469 e. The zero-order chi connectivity index (χ0) is 10.8. The predicted molar refractivity (Wildman–Crippen MR) is 47.8 cm³/mol. The number of hydrogen-bond acceptors (Lipinski definition) is 4. The van der Waals surface area contributed by atoms with Gasteiger partial charge in [-0.15, -0.1) is 0 Å². The van der Waals surface area contributed by atoms with Gasteiger partial charge in [0.25, 0.3) is 0 Å². The predicted octanol–water partition coefficient (Wildman–Crippen LogP) is 0.290. The van der Waals surface area contributed by atoms with E-state index in [9.17, 15) is 4.57 Å². The summed E-state index contributed by atoms with van der Waals surface area (Å²) in [6.45, 7) is 4.37. The highest BCUT2D eigenvalue weighted by Gasteiger charge is 2.29. The molecule has 2 N–H and O–H groups in total. The Bertz CT molecular complexity index is 230. The van der Waals surface area contributed by atoms with Crippen LogP contribution in [0.4, 0.5) is 0 Å². The van der Waals surface area contributed by atoms with Crippen LogP contribution in [0, 0.1) is 0 Å². The maximum atomic E-state index is 10.4. The molecule has 1 unspecified atom stereocenters. The molecule has 1 rings (SSSR count). The Kier molecular flexibility index (Phi) is 3.69. The van der Waals surface area contributed by atoms with Crippen molar-refractivity contribution < 1.29 is 28.3 Å². The smallest absolute Gasteiger partial charge is 0.371 e. The number of phosphoric ester groups is 1. The van der Waals surface area contributed by atoms with Gasteiger partial charge in [-0.3, -0.25) is 4.52 Å². The van der Waals surface area contributed by atoms with Crippen molar-refractivity contribution in [2.45, 2.75) is 25.6 Å². The Morgan fingerprint density at radius 2 is 2.14 bits per heavy atom. The van der Waals surface area contributed by atoms with Gasteiger partial charge in [0, 0.05) is 0 Å². The maximum absolute atomic E-state index is 10.4. The standard InChI is InChI=1S/C7H15O6P/c1-7(2,5-13-14(8,9)10)12-4-6-3-11-6/h6H,3-5H2,1-2H3,(H2,8,9,10). The molecule has 1 fully saturated rings. The van der Waals surface area contributed by atoms with E-state index in [0.29, 0.717) is 13.2 Å². The van der Waals surface area contributed by atoms with Crippen LogP contribution in [-0.2, 0) is 18.6 Å². The van der Waals surface area contributed by atoms with Gasteiger partial charge in [0.15, 0.2) is 0 Å². The monoisotopic (exact) mass is 226 g/mol. The first-order valence-electron chi connectivity index (χ1n) is 4.24. The summed E-state index contributed by atoms with van der Waals surface area (Å²) in [7, 11) is -4.41. The van der Waals surface area contributed by atoms with Gasteiger partial charge in [0.1, 0.15) is 6.10 Å². The Morgan fingerprint density at radius 1 is 1.57 bits per heavy atom. The molecule has 1 heterocycles. The van der Waals surface area contributed by atoms with Crippen LogP contribution >= 0.6 is 7.82 Å². The van der Waals surface area contributed by atoms with Crippen LogP contribution in [0.3, 0.4) is 0 Å². The average molecular weight is 226 g/mol. The van der Waals surface area contributed by atoms with Crippen molar-refractivity contribution in [3.05, 3.63) is 0 Å². The van der Waals surface area contributed by atoms with Crippen molar-refractivity contribution in [1.29, 1.82) is 0 Å². The highest BCUT2D eigenvalue weighted by Crippen LogP contribution is 2.37. The minimum absolute atomic E-state index is 0.129. The van der Waals surface area contributed by atoms with Crippen molar-refractivity contribution in [3.63, 3.8) is 0 Å². The third-order valence-corrected chi connectivity index (χ3v) is 2.11. The quantitative estimate of drug-likeness (QED) is 0.500. The Balaban J connectivity index is 2.21. The summed E-state index contributed by atoms with van der Waals surface area (Å²) in [4.78, 5) is 17.0. The van der Waals surface area contributed by atoms with Crippen LogP contribution in [0.25, 0.3) is 0 Å². The molecule has 0 aromatic rings. The first-order valence-corrected chi connectivity index (χ1v) is 5.77. The second kappa shape index (κ2) is 4.26. The topological polar surface area (TPSA) is 88.5 Å². The number of epoxide rings is 1. The first kappa shape index (κ1) is 12.1. The van der Waals surface area contributed by atoms with Gasteiger partial charge in [0.2, 0.25) is 0 Å². The molecule has 0 radical (unpaired) electrons. The summed E-state index contributed by atoms with van der Waals surface area (Å²) < 4.78 is 25.1. The first-order chi connectivity index (χ1) is 6.29. The molecule has 1 atom stereocenters. The fourth-order valence-corrected chi connectivity index (χ4v) is 1.24. The molecule has 0 amide bonds. The molecular formula is C7H15O6P. The van der Waals surface area contributed by atoms with E-state index >= 15 is 0 Å². The third kappa shape index (κ3) is 5.70.